The molecule has 6 nitrogen and oxygen atoms in total. The van der Waals surface area contributed by atoms with Crippen molar-refractivity contribution in [1.82, 2.24) is 4.57 Å². The molecule has 0 radical (unpaired) electrons. The summed E-state index contributed by atoms with van der Waals surface area (Å²) in [5, 5.41) is 19.5. The summed E-state index contributed by atoms with van der Waals surface area (Å²) in [6.07, 6.45) is 0. The molecule has 0 aliphatic carbocycles. The molecule has 0 fully saturated rings. The molecular formula is C22H12Cl5FN2O4. The van der Waals surface area contributed by atoms with Crippen molar-refractivity contribution in [3.8, 4) is 17.7 Å². The Hall–Kier alpha value is -2.47. The highest BCUT2D eigenvalue weighted by molar-refractivity contribution is 6.55. The van der Waals surface area contributed by atoms with Crippen LogP contribution in [0.2, 0.25) is 25.1 Å². The lowest BCUT2D eigenvalue weighted by atomic mass is 10.0. The second-order valence-electron chi connectivity index (χ2n) is 6.94. The summed E-state index contributed by atoms with van der Waals surface area (Å²) in [4.78, 5) is 25.8. The van der Waals surface area contributed by atoms with Gasteiger partial charge in [0.25, 0.3) is 5.56 Å². The van der Waals surface area contributed by atoms with Gasteiger partial charge >= 0.3 is 0 Å². The first kappa shape index (κ1) is 26.1. The lowest BCUT2D eigenvalue weighted by molar-refractivity contribution is 0.0916. The molecule has 2 aromatic carbocycles. The Labute approximate surface area is 217 Å². The number of pyridine rings is 1. The Bertz CT molecular complexity index is 1390. The molecule has 0 saturated carbocycles. The van der Waals surface area contributed by atoms with Gasteiger partial charge in [0, 0.05) is 0 Å². The Kier molecular flexibility index (Phi) is 8.02. The fourth-order valence-corrected chi connectivity index (χ4v) is 4.36. The Morgan fingerprint density at radius 2 is 1.59 bits per heavy atom. The number of benzene rings is 2. The van der Waals surface area contributed by atoms with Crippen molar-refractivity contribution in [1.29, 1.82) is 5.26 Å². The number of aromatic nitrogens is 1. The predicted octanol–water partition coefficient (Wildman–Crippen LogP) is 6.45. The number of nitrogens with zero attached hydrogens (tertiary/aromatic N) is 2. The van der Waals surface area contributed by atoms with Crippen LogP contribution in [0.15, 0.2) is 29.1 Å². The number of Topliss-reactive ketones (excluding diaryl/α,β-unsaturated/α-hetero) is 1. The molecule has 0 aliphatic heterocycles. The normalized spacial score (nSPS) is 10.8. The number of halogens is 6. The standard InChI is InChI=1S/C22H12Cl5FN2O4/c1-9-12(6-29)21(32)30(7-10-2-4-11(28)5-3-10)22(33)14(9)13(31)8-34-20-18(26)16(24)15(23)17(25)19(20)27/h2-5,33H,7-8H2,1H3. The van der Waals surface area contributed by atoms with Gasteiger partial charge in [-0.05, 0) is 30.2 Å². The zero-order chi connectivity index (χ0) is 25.3. The number of rotatable bonds is 6. The van der Waals surface area contributed by atoms with Crippen LogP contribution in [-0.2, 0) is 6.54 Å². The molecule has 3 rings (SSSR count). The van der Waals surface area contributed by atoms with E-state index in [0.717, 1.165) is 4.57 Å². The summed E-state index contributed by atoms with van der Waals surface area (Å²) < 4.78 is 19.5. The van der Waals surface area contributed by atoms with Gasteiger partial charge in [0.15, 0.2) is 12.4 Å². The molecular weight excluding hydrogens is 553 g/mol. The lowest BCUT2D eigenvalue weighted by Gasteiger charge is -2.17. The molecule has 0 bridgehead atoms. The third-order valence-electron chi connectivity index (χ3n) is 4.85. The lowest BCUT2D eigenvalue weighted by Crippen LogP contribution is -2.28. The fourth-order valence-electron chi connectivity index (χ4n) is 3.13. The second kappa shape index (κ2) is 10.4. The van der Waals surface area contributed by atoms with E-state index in [-0.39, 0.29) is 54.1 Å². The predicted molar refractivity (Wildman–Crippen MR) is 129 cm³/mol. The number of ether oxygens (including phenoxy) is 1. The Morgan fingerprint density at radius 3 is 2.12 bits per heavy atom. The Balaban J connectivity index is 2.03. The average Bonchev–Trinajstić information content (AvgIpc) is 2.80. The molecule has 0 spiro atoms. The fraction of sp³-hybridized carbons (Fsp3) is 0.136. The molecule has 0 amide bonds. The van der Waals surface area contributed by atoms with Crippen LogP contribution in [0.1, 0.15) is 27.0 Å². The number of carbonyl (C=O) groups is 1. The number of ketones is 1. The zero-order valence-electron chi connectivity index (χ0n) is 17.1. The number of hydrogen-bond donors (Lipinski definition) is 1. The van der Waals surface area contributed by atoms with E-state index in [9.17, 15) is 24.3 Å². The van der Waals surface area contributed by atoms with Crippen molar-refractivity contribution in [2.75, 3.05) is 6.61 Å². The van der Waals surface area contributed by atoms with Crippen molar-refractivity contribution in [2.24, 2.45) is 0 Å². The first-order chi connectivity index (χ1) is 16.0. The van der Waals surface area contributed by atoms with Crippen molar-refractivity contribution in [2.45, 2.75) is 13.5 Å². The number of carbonyl (C=O) groups excluding carboxylic acids is 1. The van der Waals surface area contributed by atoms with E-state index in [1.54, 1.807) is 6.07 Å². The topological polar surface area (TPSA) is 92.3 Å². The highest BCUT2D eigenvalue weighted by atomic mass is 35.5. The van der Waals surface area contributed by atoms with E-state index in [0.29, 0.717) is 5.56 Å². The minimum atomic E-state index is -0.818. The monoisotopic (exact) mass is 562 g/mol. The number of aromatic hydroxyl groups is 1. The van der Waals surface area contributed by atoms with Crippen LogP contribution in [0, 0.1) is 24.1 Å². The SMILES string of the molecule is Cc1c(C(=O)COc2c(Cl)c(Cl)c(Cl)c(Cl)c2Cl)c(O)n(Cc2ccc(F)cc2)c(=O)c1C#N. The molecule has 12 heteroatoms. The van der Waals surface area contributed by atoms with Crippen LogP contribution in [0.5, 0.6) is 11.6 Å². The van der Waals surface area contributed by atoms with Crippen molar-refractivity contribution < 1.29 is 19.0 Å². The molecule has 3 aromatic rings. The summed E-state index contributed by atoms with van der Waals surface area (Å²) in [7, 11) is 0. The van der Waals surface area contributed by atoms with E-state index in [4.69, 9.17) is 62.7 Å². The maximum absolute atomic E-state index is 13.2. The average molecular weight is 565 g/mol. The molecule has 1 aromatic heterocycles. The van der Waals surface area contributed by atoms with Gasteiger partial charge < -0.3 is 9.84 Å². The van der Waals surface area contributed by atoms with E-state index < -0.39 is 29.6 Å². The van der Waals surface area contributed by atoms with Gasteiger partial charge in [-0.15, -0.1) is 0 Å². The summed E-state index contributed by atoms with van der Waals surface area (Å²) in [6, 6.07) is 6.89. The van der Waals surface area contributed by atoms with E-state index >= 15 is 0 Å². The van der Waals surface area contributed by atoms with Gasteiger partial charge in [0.05, 0.1) is 27.2 Å². The summed E-state index contributed by atoms with van der Waals surface area (Å²) in [5.41, 5.74) is -1.08. The van der Waals surface area contributed by atoms with E-state index in [2.05, 4.69) is 0 Å². The van der Waals surface area contributed by atoms with Crippen molar-refractivity contribution in [3.63, 3.8) is 0 Å². The molecule has 176 valence electrons. The third kappa shape index (κ3) is 4.83. The first-order valence-corrected chi connectivity index (χ1v) is 11.2. The molecule has 0 saturated heterocycles. The van der Waals surface area contributed by atoms with E-state index in [1.807, 2.05) is 0 Å². The molecule has 1 heterocycles. The van der Waals surface area contributed by atoms with Crippen molar-refractivity contribution >= 4 is 63.8 Å². The zero-order valence-corrected chi connectivity index (χ0v) is 20.8. The second-order valence-corrected chi connectivity index (χ2v) is 8.83. The largest absolute Gasteiger partial charge is 0.494 e. The maximum atomic E-state index is 13.2. The molecule has 0 atom stereocenters. The Morgan fingerprint density at radius 1 is 1.06 bits per heavy atom. The number of hydrogen-bond acceptors (Lipinski definition) is 5. The van der Waals surface area contributed by atoms with Crippen molar-refractivity contribution in [3.05, 3.63) is 87.8 Å². The van der Waals surface area contributed by atoms with Gasteiger partial charge in [-0.3, -0.25) is 14.2 Å². The molecule has 0 unspecified atom stereocenters. The van der Waals surface area contributed by atoms with Gasteiger partial charge in [-0.2, -0.15) is 5.26 Å². The highest BCUT2D eigenvalue weighted by Crippen LogP contribution is 2.48. The van der Waals surface area contributed by atoms with Crippen LogP contribution in [0.3, 0.4) is 0 Å². The molecule has 0 aliphatic rings. The summed E-state index contributed by atoms with van der Waals surface area (Å²) in [6.45, 7) is 0.411. The van der Waals surface area contributed by atoms with Crippen LogP contribution in [0.25, 0.3) is 0 Å². The minimum Gasteiger partial charge on any atom is -0.494 e. The maximum Gasteiger partial charge on any atom is 0.271 e. The minimum absolute atomic E-state index is 0.0432. The summed E-state index contributed by atoms with van der Waals surface area (Å²) >= 11 is 30.1. The smallest absolute Gasteiger partial charge is 0.271 e. The first-order valence-electron chi connectivity index (χ1n) is 9.27. The van der Waals surface area contributed by atoms with Gasteiger partial charge in [0.2, 0.25) is 11.7 Å². The van der Waals surface area contributed by atoms with Crippen LogP contribution in [-0.4, -0.2) is 22.1 Å². The number of nitriles is 1. The van der Waals surface area contributed by atoms with Gasteiger partial charge in [-0.25, -0.2) is 4.39 Å². The van der Waals surface area contributed by atoms with Gasteiger partial charge in [-0.1, -0.05) is 70.1 Å². The third-order valence-corrected chi connectivity index (χ3v) is 7.09. The highest BCUT2D eigenvalue weighted by Gasteiger charge is 2.26. The van der Waals surface area contributed by atoms with Crippen LogP contribution >= 0.6 is 58.0 Å². The van der Waals surface area contributed by atoms with Gasteiger partial charge in [0.1, 0.15) is 27.5 Å². The molecule has 1 N–H and O–H groups in total. The summed E-state index contributed by atoms with van der Waals surface area (Å²) in [5.74, 6) is -2.19. The van der Waals surface area contributed by atoms with Crippen LogP contribution in [0.4, 0.5) is 4.39 Å². The molecule has 34 heavy (non-hydrogen) atoms. The quantitative estimate of drug-likeness (QED) is 0.211. The van der Waals surface area contributed by atoms with E-state index in [1.165, 1.54) is 31.2 Å². The van der Waals surface area contributed by atoms with Crippen LogP contribution < -0.4 is 10.3 Å².